The van der Waals surface area contributed by atoms with Crippen LogP contribution in [0, 0.1) is 6.92 Å². The van der Waals surface area contributed by atoms with Gasteiger partial charge in [0, 0.05) is 24.9 Å². The van der Waals surface area contributed by atoms with Crippen molar-refractivity contribution in [1.29, 1.82) is 0 Å². The Morgan fingerprint density at radius 1 is 1.10 bits per heavy atom. The molecule has 1 fully saturated rings. The first-order valence-electron chi connectivity index (χ1n) is 8.32. The largest absolute Gasteiger partial charge is 0.348 e. The van der Waals surface area contributed by atoms with Gasteiger partial charge in [0.05, 0.1) is 0 Å². The minimum absolute atomic E-state index is 0.753. The van der Waals surface area contributed by atoms with E-state index in [0.29, 0.717) is 0 Å². The highest BCUT2D eigenvalue weighted by Crippen LogP contribution is 2.28. The molecule has 1 aliphatic carbocycles. The second kappa shape index (κ2) is 7.35. The van der Waals surface area contributed by atoms with Crippen LogP contribution >= 0.6 is 11.8 Å². The third-order valence-corrected chi connectivity index (χ3v) is 5.65. The molecule has 0 unspecified atom stereocenters. The van der Waals surface area contributed by atoms with Crippen LogP contribution in [0.4, 0.5) is 0 Å². The number of nitrogens with zero attached hydrogens (tertiary/aromatic N) is 2. The molecule has 0 atom stereocenters. The average molecular weight is 302 g/mol. The van der Waals surface area contributed by atoms with Crippen LogP contribution < -0.4 is 0 Å². The molecule has 0 amide bonds. The maximum Gasteiger partial charge on any atom is 0.159 e. The molecule has 1 aromatic rings. The van der Waals surface area contributed by atoms with Gasteiger partial charge in [0.2, 0.25) is 0 Å². The van der Waals surface area contributed by atoms with Crippen molar-refractivity contribution in [2.45, 2.75) is 57.2 Å². The minimum atomic E-state index is 0.753. The molecule has 0 aromatic heterocycles. The molecule has 1 heterocycles. The zero-order valence-electron chi connectivity index (χ0n) is 13.1. The lowest BCUT2D eigenvalue weighted by Gasteiger charge is -2.38. The van der Waals surface area contributed by atoms with Crippen molar-refractivity contribution in [3.63, 3.8) is 0 Å². The van der Waals surface area contributed by atoms with Gasteiger partial charge in [-0.15, -0.1) is 0 Å². The maximum absolute atomic E-state index is 4.82. The molecule has 0 radical (unpaired) electrons. The van der Waals surface area contributed by atoms with Crippen LogP contribution in [0.3, 0.4) is 0 Å². The number of aryl methyl sites for hydroxylation is 1. The van der Waals surface area contributed by atoms with Gasteiger partial charge in [0.1, 0.15) is 0 Å². The Hall–Kier alpha value is -0.960. The summed E-state index contributed by atoms with van der Waals surface area (Å²) in [5, 5.41) is 1.30. The summed E-state index contributed by atoms with van der Waals surface area (Å²) in [4.78, 5) is 7.44. The molecule has 3 rings (SSSR count). The fourth-order valence-corrected chi connectivity index (χ4v) is 4.37. The number of amidine groups is 1. The number of hydrogen-bond donors (Lipinski definition) is 0. The highest BCUT2D eigenvalue weighted by molar-refractivity contribution is 8.13. The Morgan fingerprint density at radius 2 is 1.86 bits per heavy atom. The predicted molar refractivity (Wildman–Crippen MR) is 93.0 cm³/mol. The van der Waals surface area contributed by atoms with Gasteiger partial charge in [-0.2, -0.15) is 0 Å². The predicted octanol–water partition coefficient (Wildman–Crippen LogP) is 4.62. The van der Waals surface area contributed by atoms with E-state index in [2.05, 4.69) is 36.1 Å². The minimum Gasteiger partial charge on any atom is -0.348 e. The molecule has 0 bridgehead atoms. The first-order chi connectivity index (χ1) is 10.3. The maximum atomic E-state index is 4.82. The molecule has 2 nitrogen and oxygen atoms in total. The van der Waals surface area contributed by atoms with E-state index in [1.54, 1.807) is 0 Å². The van der Waals surface area contributed by atoms with Crippen LogP contribution in [-0.2, 0) is 5.75 Å². The summed E-state index contributed by atoms with van der Waals surface area (Å²) in [5.74, 6) is 1.04. The highest BCUT2D eigenvalue weighted by atomic mass is 32.2. The van der Waals surface area contributed by atoms with Crippen LogP contribution in [0.25, 0.3) is 0 Å². The number of rotatable bonds is 3. The molecule has 1 aliphatic heterocycles. The van der Waals surface area contributed by atoms with E-state index in [1.807, 2.05) is 11.8 Å². The molecule has 1 saturated carbocycles. The molecule has 2 aliphatic rings. The van der Waals surface area contributed by atoms with Crippen LogP contribution in [0.5, 0.6) is 0 Å². The van der Waals surface area contributed by atoms with Crippen molar-refractivity contribution in [3.8, 4) is 0 Å². The lowest BCUT2D eigenvalue weighted by atomic mass is 9.94. The van der Waals surface area contributed by atoms with E-state index in [0.717, 1.165) is 18.3 Å². The van der Waals surface area contributed by atoms with Gasteiger partial charge in [0.25, 0.3) is 0 Å². The van der Waals surface area contributed by atoms with E-state index in [1.165, 1.54) is 61.4 Å². The van der Waals surface area contributed by atoms with Crippen molar-refractivity contribution >= 4 is 16.9 Å². The van der Waals surface area contributed by atoms with Crippen LogP contribution in [0.15, 0.2) is 29.3 Å². The van der Waals surface area contributed by atoms with E-state index in [9.17, 15) is 0 Å². The molecule has 1 aromatic carbocycles. The van der Waals surface area contributed by atoms with Crippen molar-refractivity contribution < 1.29 is 0 Å². The zero-order valence-corrected chi connectivity index (χ0v) is 13.9. The fourth-order valence-electron chi connectivity index (χ4n) is 3.29. The van der Waals surface area contributed by atoms with Gasteiger partial charge in [-0.25, -0.2) is 0 Å². The summed E-state index contributed by atoms with van der Waals surface area (Å²) < 4.78 is 0. The van der Waals surface area contributed by atoms with Gasteiger partial charge < -0.3 is 4.90 Å². The third kappa shape index (κ3) is 4.03. The number of thioether (sulfide) groups is 1. The summed E-state index contributed by atoms with van der Waals surface area (Å²) in [7, 11) is 0. The lowest BCUT2D eigenvalue weighted by Crippen LogP contribution is -2.43. The van der Waals surface area contributed by atoms with E-state index in [-0.39, 0.29) is 0 Å². The summed E-state index contributed by atoms with van der Waals surface area (Å²) in [6.07, 6.45) is 8.18. The smallest absolute Gasteiger partial charge is 0.159 e. The average Bonchev–Trinajstić information content (AvgIpc) is 2.55. The van der Waals surface area contributed by atoms with Gasteiger partial charge >= 0.3 is 0 Å². The SMILES string of the molecule is Cc1ccc(CSC2=NCCCN2C2CCCCC2)cc1. The summed E-state index contributed by atoms with van der Waals surface area (Å²) >= 11 is 1.93. The topological polar surface area (TPSA) is 15.6 Å². The first kappa shape index (κ1) is 15.0. The number of hydrogen-bond acceptors (Lipinski definition) is 3. The van der Waals surface area contributed by atoms with Crippen molar-refractivity contribution in [1.82, 2.24) is 4.90 Å². The number of benzene rings is 1. The second-order valence-corrected chi connectivity index (χ2v) is 7.22. The summed E-state index contributed by atoms with van der Waals surface area (Å²) in [6, 6.07) is 9.66. The van der Waals surface area contributed by atoms with Gasteiger partial charge in [-0.1, -0.05) is 60.9 Å². The van der Waals surface area contributed by atoms with Gasteiger partial charge in [0.15, 0.2) is 5.17 Å². The summed E-state index contributed by atoms with van der Waals surface area (Å²) in [6.45, 7) is 4.37. The standard InChI is InChI=1S/C18H26N2S/c1-15-8-10-16(11-9-15)14-21-18-19-12-5-13-20(18)17-6-3-2-4-7-17/h8-11,17H,2-7,12-14H2,1H3. The molecule has 0 spiro atoms. The highest BCUT2D eigenvalue weighted by Gasteiger charge is 2.25. The number of aliphatic imine (C=N–C) groups is 1. The third-order valence-electron chi connectivity index (χ3n) is 4.55. The van der Waals surface area contributed by atoms with Gasteiger partial charge in [-0.05, 0) is 31.7 Å². The quantitative estimate of drug-likeness (QED) is 0.809. The van der Waals surface area contributed by atoms with Crippen molar-refractivity contribution in [2.24, 2.45) is 4.99 Å². The van der Waals surface area contributed by atoms with Crippen LogP contribution in [0.2, 0.25) is 0 Å². The van der Waals surface area contributed by atoms with E-state index < -0.39 is 0 Å². The van der Waals surface area contributed by atoms with E-state index in [4.69, 9.17) is 4.99 Å². The molecule has 114 valence electrons. The Kier molecular flexibility index (Phi) is 5.23. The fraction of sp³-hybridized carbons (Fsp3) is 0.611. The normalized spacial score (nSPS) is 20.4. The molecule has 21 heavy (non-hydrogen) atoms. The molecular weight excluding hydrogens is 276 g/mol. The second-order valence-electron chi connectivity index (χ2n) is 6.28. The summed E-state index contributed by atoms with van der Waals surface area (Å²) in [5.41, 5.74) is 2.74. The molecular formula is C18H26N2S. The van der Waals surface area contributed by atoms with Crippen LogP contribution in [-0.4, -0.2) is 29.2 Å². The lowest BCUT2D eigenvalue weighted by molar-refractivity contribution is 0.239. The molecule has 0 N–H and O–H groups in total. The first-order valence-corrected chi connectivity index (χ1v) is 9.31. The molecule has 0 saturated heterocycles. The van der Waals surface area contributed by atoms with Gasteiger partial charge in [-0.3, -0.25) is 4.99 Å². The van der Waals surface area contributed by atoms with E-state index >= 15 is 0 Å². The Bertz CT molecular complexity index is 474. The Balaban J connectivity index is 1.61. The van der Waals surface area contributed by atoms with Crippen molar-refractivity contribution in [2.75, 3.05) is 13.1 Å². The zero-order chi connectivity index (χ0) is 14.5. The Morgan fingerprint density at radius 3 is 2.62 bits per heavy atom. The monoisotopic (exact) mass is 302 g/mol. The van der Waals surface area contributed by atoms with Crippen molar-refractivity contribution in [3.05, 3.63) is 35.4 Å². The molecule has 3 heteroatoms. The van der Waals surface area contributed by atoms with Crippen LogP contribution in [0.1, 0.15) is 49.7 Å². The Labute approximate surface area is 133 Å².